The van der Waals surface area contributed by atoms with Gasteiger partial charge in [0.1, 0.15) is 12.4 Å². The van der Waals surface area contributed by atoms with Crippen LogP contribution in [0.1, 0.15) is 16.1 Å². The fraction of sp³-hybridized carbons (Fsp3) is 0.154. The van der Waals surface area contributed by atoms with Crippen molar-refractivity contribution < 1.29 is 14.7 Å². The predicted octanol–water partition coefficient (Wildman–Crippen LogP) is 0.328. The van der Waals surface area contributed by atoms with E-state index in [1.54, 1.807) is 4.57 Å². The molecule has 2 rings (SSSR count). The van der Waals surface area contributed by atoms with E-state index in [0.717, 1.165) is 5.56 Å². The Morgan fingerprint density at radius 1 is 1.30 bits per heavy atom. The van der Waals surface area contributed by atoms with Crippen LogP contribution in [-0.2, 0) is 11.3 Å². The quantitative estimate of drug-likeness (QED) is 0.727. The topological polar surface area (TPSA) is 110 Å². The van der Waals surface area contributed by atoms with Crippen molar-refractivity contribution in [3.63, 3.8) is 0 Å². The van der Waals surface area contributed by atoms with E-state index in [9.17, 15) is 9.59 Å². The van der Waals surface area contributed by atoms with E-state index in [2.05, 4.69) is 10.3 Å². The number of nitrogens with two attached hydrogens (primary N) is 1. The van der Waals surface area contributed by atoms with Crippen LogP contribution < -0.4 is 11.1 Å². The number of aliphatic carboxylic acids is 1. The smallest absolute Gasteiger partial charge is 0.322 e. The molecule has 1 heterocycles. The molecule has 1 amide bonds. The second-order valence-electron chi connectivity index (χ2n) is 4.17. The maximum absolute atomic E-state index is 11.7. The van der Waals surface area contributed by atoms with Crippen molar-refractivity contribution in [1.29, 1.82) is 0 Å². The molecule has 0 aliphatic heterocycles. The third-order valence-electron chi connectivity index (χ3n) is 2.69. The van der Waals surface area contributed by atoms with Crippen LogP contribution in [0, 0.1) is 0 Å². The standard InChI is InChI=1S/C13H14N4O3/c14-12-11(13(20)15-6-10(18)19)16-8-17(12)7-9-4-2-1-3-5-9/h1-5,8H,6-7,14H2,(H,15,20)(H,18,19). The van der Waals surface area contributed by atoms with Crippen LogP contribution >= 0.6 is 0 Å². The first-order valence-electron chi connectivity index (χ1n) is 5.92. The van der Waals surface area contributed by atoms with Crippen molar-refractivity contribution in [2.45, 2.75) is 6.54 Å². The van der Waals surface area contributed by atoms with E-state index in [1.807, 2.05) is 30.3 Å². The Balaban J connectivity index is 2.11. The number of carboxylic acids is 1. The molecule has 0 saturated heterocycles. The number of carbonyl (C=O) groups excluding carboxylic acids is 1. The molecule has 7 heteroatoms. The van der Waals surface area contributed by atoms with Crippen molar-refractivity contribution in [1.82, 2.24) is 14.9 Å². The molecule has 0 aliphatic rings. The number of rotatable bonds is 5. The Kier molecular flexibility index (Phi) is 3.99. The van der Waals surface area contributed by atoms with Gasteiger partial charge in [-0.3, -0.25) is 9.59 Å². The SMILES string of the molecule is Nc1c(C(=O)NCC(=O)O)ncn1Cc1ccccc1. The Labute approximate surface area is 115 Å². The van der Waals surface area contributed by atoms with Gasteiger partial charge in [0.25, 0.3) is 5.91 Å². The molecule has 0 atom stereocenters. The maximum atomic E-state index is 11.7. The summed E-state index contributed by atoms with van der Waals surface area (Å²) in [7, 11) is 0. The molecular formula is C13H14N4O3. The summed E-state index contributed by atoms with van der Waals surface area (Å²) in [4.78, 5) is 26.0. The van der Waals surface area contributed by atoms with Crippen LogP contribution in [0.25, 0.3) is 0 Å². The summed E-state index contributed by atoms with van der Waals surface area (Å²) in [6, 6.07) is 9.59. The Hall–Kier alpha value is -2.83. The van der Waals surface area contributed by atoms with Gasteiger partial charge in [-0.25, -0.2) is 4.98 Å². The Bertz CT molecular complexity index is 622. The van der Waals surface area contributed by atoms with Gasteiger partial charge in [-0.15, -0.1) is 0 Å². The number of nitrogen functional groups attached to an aromatic ring is 1. The third-order valence-corrected chi connectivity index (χ3v) is 2.69. The lowest BCUT2D eigenvalue weighted by molar-refractivity contribution is -0.135. The number of hydrogen-bond acceptors (Lipinski definition) is 4. The van der Waals surface area contributed by atoms with Gasteiger partial charge in [-0.2, -0.15) is 0 Å². The summed E-state index contributed by atoms with van der Waals surface area (Å²) in [6.45, 7) is 0.0235. The van der Waals surface area contributed by atoms with Crippen LogP contribution in [-0.4, -0.2) is 33.1 Å². The number of carboxylic acid groups (broad SMARTS) is 1. The summed E-state index contributed by atoms with van der Waals surface area (Å²) >= 11 is 0. The monoisotopic (exact) mass is 274 g/mol. The fourth-order valence-corrected chi connectivity index (χ4v) is 1.71. The highest BCUT2D eigenvalue weighted by Gasteiger charge is 2.16. The molecule has 0 saturated carbocycles. The lowest BCUT2D eigenvalue weighted by Gasteiger charge is -2.06. The minimum absolute atomic E-state index is 0.0298. The van der Waals surface area contributed by atoms with Gasteiger partial charge in [-0.05, 0) is 5.56 Å². The van der Waals surface area contributed by atoms with E-state index < -0.39 is 18.4 Å². The van der Waals surface area contributed by atoms with Crippen molar-refractivity contribution in [3.05, 3.63) is 47.9 Å². The Morgan fingerprint density at radius 3 is 2.65 bits per heavy atom. The van der Waals surface area contributed by atoms with Crippen LogP contribution in [0.2, 0.25) is 0 Å². The van der Waals surface area contributed by atoms with Crippen molar-refractivity contribution in [2.24, 2.45) is 0 Å². The van der Waals surface area contributed by atoms with Crippen molar-refractivity contribution >= 4 is 17.7 Å². The normalized spacial score (nSPS) is 10.2. The third kappa shape index (κ3) is 3.14. The van der Waals surface area contributed by atoms with Crippen molar-refractivity contribution in [3.8, 4) is 0 Å². The first-order chi connectivity index (χ1) is 9.58. The van der Waals surface area contributed by atoms with Gasteiger partial charge < -0.3 is 20.7 Å². The second-order valence-corrected chi connectivity index (χ2v) is 4.17. The average Bonchev–Trinajstić information content (AvgIpc) is 2.79. The zero-order chi connectivity index (χ0) is 14.5. The zero-order valence-corrected chi connectivity index (χ0v) is 10.6. The highest BCUT2D eigenvalue weighted by molar-refractivity contribution is 5.97. The summed E-state index contributed by atoms with van der Waals surface area (Å²) in [5.74, 6) is -1.52. The number of imidazole rings is 1. The molecule has 0 aliphatic carbocycles. The minimum Gasteiger partial charge on any atom is -0.480 e. The van der Waals surface area contributed by atoms with Gasteiger partial charge in [0, 0.05) is 0 Å². The zero-order valence-electron chi connectivity index (χ0n) is 10.6. The molecule has 1 aromatic carbocycles. The highest BCUT2D eigenvalue weighted by atomic mass is 16.4. The lowest BCUT2D eigenvalue weighted by atomic mass is 10.2. The molecule has 0 radical (unpaired) electrons. The number of nitrogens with one attached hydrogen (secondary N) is 1. The Morgan fingerprint density at radius 2 is 2.00 bits per heavy atom. The van der Waals surface area contributed by atoms with E-state index in [0.29, 0.717) is 6.54 Å². The molecule has 0 unspecified atom stereocenters. The van der Waals surface area contributed by atoms with Crippen LogP contribution in [0.15, 0.2) is 36.7 Å². The first kappa shape index (κ1) is 13.6. The number of benzene rings is 1. The number of nitrogens with zero attached hydrogens (tertiary/aromatic N) is 2. The van der Waals surface area contributed by atoms with Gasteiger partial charge in [-0.1, -0.05) is 30.3 Å². The maximum Gasteiger partial charge on any atom is 0.322 e. The van der Waals surface area contributed by atoms with Crippen molar-refractivity contribution in [2.75, 3.05) is 12.3 Å². The number of hydrogen-bond donors (Lipinski definition) is 3. The van der Waals surface area contributed by atoms with E-state index in [4.69, 9.17) is 10.8 Å². The number of aromatic nitrogens is 2. The van der Waals surface area contributed by atoms with Crippen LogP contribution in [0.3, 0.4) is 0 Å². The van der Waals surface area contributed by atoms with E-state index in [-0.39, 0.29) is 11.5 Å². The molecule has 20 heavy (non-hydrogen) atoms. The molecule has 0 fully saturated rings. The molecule has 7 nitrogen and oxygen atoms in total. The van der Waals surface area contributed by atoms with E-state index in [1.165, 1.54) is 6.33 Å². The molecule has 2 aromatic rings. The first-order valence-corrected chi connectivity index (χ1v) is 5.92. The molecule has 0 spiro atoms. The van der Waals surface area contributed by atoms with Gasteiger partial charge >= 0.3 is 5.97 Å². The van der Waals surface area contributed by atoms with E-state index >= 15 is 0 Å². The number of anilines is 1. The largest absolute Gasteiger partial charge is 0.480 e. The minimum atomic E-state index is -1.12. The number of amides is 1. The van der Waals surface area contributed by atoms with Crippen LogP contribution in [0.4, 0.5) is 5.82 Å². The predicted molar refractivity (Wildman–Crippen MR) is 72.2 cm³/mol. The van der Waals surface area contributed by atoms with Gasteiger partial charge in [0.05, 0.1) is 12.9 Å². The fourth-order valence-electron chi connectivity index (χ4n) is 1.71. The second kappa shape index (κ2) is 5.87. The molecule has 4 N–H and O–H groups in total. The molecular weight excluding hydrogens is 260 g/mol. The molecule has 104 valence electrons. The highest BCUT2D eigenvalue weighted by Crippen LogP contribution is 2.12. The summed E-state index contributed by atoms with van der Waals surface area (Å²) in [6.07, 6.45) is 1.46. The van der Waals surface area contributed by atoms with Gasteiger partial charge in [0.15, 0.2) is 5.69 Å². The van der Waals surface area contributed by atoms with Crippen LogP contribution in [0.5, 0.6) is 0 Å². The number of carbonyl (C=O) groups is 2. The lowest BCUT2D eigenvalue weighted by Crippen LogP contribution is -2.30. The molecule has 1 aromatic heterocycles. The summed E-state index contributed by atoms with van der Waals surface area (Å²) in [5, 5.41) is 10.7. The summed E-state index contributed by atoms with van der Waals surface area (Å²) in [5.41, 5.74) is 6.90. The summed E-state index contributed by atoms with van der Waals surface area (Å²) < 4.78 is 1.63. The molecule has 0 bridgehead atoms. The van der Waals surface area contributed by atoms with Gasteiger partial charge in [0.2, 0.25) is 0 Å². The average molecular weight is 274 g/mol.